The summed E-state index contributed by atoms with van der Waals surface area (Å²) in [4.78, 5) is 48.8. The summed E-state index contributed by atoms with van der Waals surface area (Å²) >= 11 is 7.76. The van der Waals surface area contributed by atoms with Gasteiger partial charge in [-0.25, -0.2) is 9.78 Å². The van der Waals surface area contributed by atoms with E-state index in [1.165, 1.54) is 34.5 Å². The van der Waals surface area contributed by atoms with Gasteiger partial charge in [-0.15, -0.1) is 0 Å². The number of likely N-dealkylation sites (N-methyl/N-ethyl adjacent to an activating group) is 1. The first-order valence-corrected chi connectivity index (χ1v) is 14.7. The van der Waals surface area contributed by atoms with Gasteiger partial charge in [0.2, 0.25) is 5.91 Å². The van der Waals surface area contributed by atoms with Crippen molar-refractivity contribution >= 4 is 46.1 Å². The van der Waals surface area contributed by atoms with E-state index in [1.807, 2.05) is 23.1 Å². The summed E-state index contributed by atoms with van der Waals surface area (Å²) in [5, 5.41) is 1.06. The molecule has 40 heavy (non-hydrogen) atoms. The van der Waals surface area contributed by atoms with Crippen LogP contribution in [0.1, 0.15) is 29.0 Å². The molecule has 2 unspecified atom stereocenters. The van der Waals surface area contributed by atoms with E-state index in [9.17, 15) is 14.4 Å². The molecule has 0 N–H and O–H groups in total. The molecule has 1 amide bonds. The van der Waals surface area contributed by atoms with Crippen LogP contribution in [-0.2, 0) is 25.4 Å². The molecule has 0 bridgehead atoms. The molecular formula is C29H31ClN6O3S. The number of imidazole rings is 1. The third-order valence-corrected chi connectivity index (χ3v) is 9.48. The lowest BCUT2D eigenvalue weighted by Gasteiger charge is -2.36. The van der Waals surface area contributed by atoms with Crippen molar-refractivity contribution in [2.45, 2.75) is 37.0 Å². The maximum absolute atomic E-state index is 13.9. The fourth-order valence-electron chi connectivity index (χ4n) is 6.08. The molecule has 1 saturated heterocycles. The zero-order chi connectivity index (χ0) is 28.3. The van der Waals surface area contributed by atoms with Gasteiger partial charge < -0.3 is 14.4 Å². The summed E-state index contributed by atoms with van der Waals surface area (Å²) in [6, 6.07) is 13.9. The molecule has 6 rings (SSSR count). The number of rotatable bonds is 5. The van der Waals surface area contributed by atoms with Gasteiger partial charge in [0.1, 0.15) is 0 Å². The Hall–Kier alpha value is -3.34. The molecule has 0 radical (unpaired) electrons. The highest BCUT2D eigenvalue weighted by atomic mass is 35.5. The number of benzene rings is 2. The second kappa shape index (κ2) is 10.2. The first-order valence-electron chi connectivity index (χ1n) is 13.3. The number of hydrogen-bond acceptors (Lipinski definition) is 6. The van der Waals surface area contributed by atoms with Crippen molar-refractivity contribution < 1.29 is 4.79 Å². The Labute approximate surface area is 241 Å². The van der Waals surface area contributed by atoms with E-state index >= 15 is 0 Å². The number of anilines is 1. The zero-order valence-corrected chi connectivity index (χ0v) is 24.5. The van der Waals surface area contributed by atoms with E-state index in [1.54, 1.807) is 17.7 Å². The highest BCUT2D eigenvalue weighted by molar-refractivity contribution is 7.99. The molecule has 2 aromatic carbocycles. The lowest BCUT2D eigenvalue weighted by molar-refractivity contribution is -0.116. The van der Waals surface area contributed by atoms with Gasteiger partial charge in [-0.05, 0) is 50.2 Å². The summed E-state index contributed by atoms with van der Waals surface area (Å²) in [6.07, 6.45) is 0.911. The van der Waals surface area contributed by atoms with E-state index in [2.05, 4.69) is 37.1 Å². The highest BCUT2D eigenvalue weighted by Crippen LogP contribution is 2.45. The Morgan fingerprint density at radius 2 is 1.88 bits per heavy atom. The summed E-state index contributed by atoms with van der Waals surface area (Å²) < 4.78 is 4.22. The molecule has 2 aliphatic heterocycles. The van der Waals surface area contributed by atoms with Crippen LogP contribution in [0.4, 0.5) is 5.69 Å². The Bertz CT molecular complexity index is 1780. The second-order valence-corrected chi connectivity index (χ2v) is 12.1. The number of piperidine rings is 1. The average Bonchev–Trinajstić information content (AvgIpc) is 3.45. The van der Waals surface area contributed by atoms with Crippen LogP contribution in [0.3, 0.4) is 0 Å². The standard InChI is InChI=1S/C29H31ClN6O3S/c1-17-9-10-22-19(13-17)20-15-32(2)12-11-23(20)36(22)24(37)16-40-28-31-26-25(27(38)34(4)29(39)33(26)3)35(28)14-18-7-5-6-8-21(18)30/h5-10,13,20,23H,11-12,14-16H2,1-4H3. The monoisotopic (exact) mass is 578 g/mol. The minimum absolute atomic E-state index is 0.00490. The number of thioether (sulfide) groups is 1. The minimum Gasteiger partial charge on any atom is -0.309 e. The summed E-state index contributed by atoms with van der Waals surface area (Å²) in [5.74, 6) is 0.433. The van der Waals surface area contributed by atoms with E-state index in [4.69, 9.17) is 16.6 Å². The number of aryl methyl sites for hydroxylation is 2. The molecule has 2 aliphatic rings. The van der Waals surface area contributed by atoms with E-state index < -0.39 is 11.2 Å². The van der Waals surface area contributed by atoms with Gasteiger partial charge in [-0.2, -0.15) is 0 Å². The fourth-order valence-corrected chi connectivity index (χ4v) is 7.13. The van der Waals surface area contributed by atoms with Crippen LogP contribution in [0.5, 0.6) is 0 Å². The number of carbonyl (C=O) groups is 1. The van der Waals surface area contributed by atoms with Crippen LogP contribution in [0, 0.1) is 6.92 Å². The normalized spacial score (nSPS) is 18.8. The average molecular weight is 579 g/mol. The van der Waals surface area contributed by atoms with Crippen LogP contribution < -0.4 is 16.1 Å². The predicted molar refractivity (Wildman–Crippen MR) is 159 cm³/mol. The molecule has 0 saturated carbocycles. The SMILES string of the molecule is Cc1ccc2c(c1)C1CN(C)CCC1N2C(=O)CSc1nc2c(c(=O)n(C)c(=O)n2C)n1Cc1ccccc1Cl. The first kappa shape index (κ1) is 26.9. The third kappa shape index (κ3) is 4.38. The van der Waals surface area contributed by atoms with Crippen LogP contribution >= 0.6 is 23.4 Å². The molecule has 1 fully saturated rings. The number of carbonyl (C=O) groups excluding carboxylic acids is 1. The molecular weight excluding hydrogens is 548 g/mol. The number of fused-ring (bicyclic) bond motifs is 4. The molecule has 0 aliphatic carbocycles. The van der Waals surface area contributed by atoms with Crippen LogP contribution in [0.2, 0.25) is 5.02 Å². The van der Waals surface area contributed by atoms with Gasteiger partial charge in [0.25, 0.3) is 5.56 Å². The number of likely N-dealkylation sites (tertiary alicyclic amines) is 1. The number of nitrogens with zero attached hydrogens (tertiary/aromatic N) is 6. The quantitative estimate of drug-likeness (QED) is 0.338. The van der Waals surface area contributed by atoms with Gasteiger partial charge in [0.05, 0.1) is 12.3 Å². The predicted octanol–water partition coefficient (Wildman–Crippen LogP) is 3.37. The maximum atomic E-state index is 13.9. The summed E-state index contributed by atoms with van der Waals surface area (Å²) in [5.41, 5.74) is 3.92. The molecule has 208 valence electrons. The van der Waals surface area contributed by atoms with Gasteiger partial charge in [0.15, 0.2) is 16.3 Å². The van der Waals surface area contributed by atoms with Crippen molar-refractivity contribution in [2.24, 2.45) is 14.1 Å². The van der Waals surface area contributed by atoms with E-state index in [0.717, 1.165) is 35.3 Å². The molecule has 0 spiro atoms. The van der Waals surface area contributed by atoms with Crippen molar-refractivity contribution in [1.82, 2.24) is 23.6 Å². The van der Waals surface area contributed by atoms with Crippen molar-refractivity contribution in [2.75, 3.05) is 30.8 Å². The van der Waals surface area contributed by atoms with Crippen molar-refractivity contribution in [3.05, 3.63) is 85.0 Å². The Balaban J connectivity index is 1.37. The fraction of sp³-hybridized carbons (Fsp3) is 0.379. The lowest BCUT2D eigenvalue weighted by Crippen LogP contribution is -2.47. The van der Waals surface area contributed by atoms with Crippen molar-refractivity contribution in [3.8, 4) is 0 Å². The van der Waals surface area contributed by atoms with Crippen LogP contribution in [-0.4, -0.2) is 61.4 Å². The van der Waals surface area contributed by atoms with Gasteiger partial charge in [-0.1, -0.05) is 59.3 Å². The number of amides is 1. The zero-order valence-electron chi connectivity index (χ0n) is 22.9. The lowest BCUT2D eigenvalue weighted by atomic mass is 9.89. The smallest absolute Gasteiger partial charge is 0.309 e. The number of aromatic nitrogens is 4. The summed E-state index contributed by atoms with van der Waals surface area (Å²) in [7, 11) is 5.19. The first-order chi connectivity index (χ1) is 19.2. The topological polar surface area (TPSA) is 85.4 Å². The van der Waals surface area contributed by atoms with Crippen LogP contribution in [0.25, 0.3) is 11.2 Å². The second-order valence-electron chi connectivity index (χ2n) is 10.8. The van der Waals surface area contributed by atoms with E-state index in [-0.39, 0.29) is 35.8 Å². The molecule has 9 nitrogen and oxygen atoms in total. The van der Waals surface area contributed by atoms with Gasteiger partial charge >= 0.3 is 5.69 Å². The highest BCUT2D eigenvalue weighted by Gasteiger charge is 2.43. The van der Waals surface area contributed by atoms with Gasteiger partial charge in [0, 0.05) is 43.3 Å². The summed E-state index contributed by atoms with van der Waals surface area (Å²) in [6.45, 7) is 4.23. The minimum atomic E-state index is -0.454. The van der Waals surface area contributed by atoms with E-state index in [0.29, 0.717) is 15.7 Å². The number of halogens is 1. The molecule has 2 atom stereocenters. The Morgan fingerprint density at radius 3 is 2.65 bits per heavy atom. The van der Waals surface area contributed by atoms with Crippen molar-refractivity contribution in [3.63, 3.8) is 0 Å². The van der Waals surface area contributed by atoms with Crippen molar-refractivity contribution in [1.29, 1.82) is 0 Å². The third-order valence-electron chi connectivity index (χ3n) is 8.15. The molecule has 11 heteroatoms. The molecule has 2 aromatic heterocycles. The molecule has 4 heterocycles. The largest absolute Gasteiger partial charge is 0.332 e. The Kier molecular flexibility index (Phi) is 6.88. The molecule has 4 aromatic rings. The Morgan fingerprint density at radius 1 is 1.10 bits per heavy atom. The van der Waals surface area contributed by atoms with Crippen LogP contribution in [0.15, 0.2) is 57.2 Å². The van der Waals surface area contributed by atoms with Gasteiger partial charge in [-0.3, -0.25) is 18.7 Å². The number of hydrogen-bond donors (Lipinski definition) is 0. The maximum Gasteiger partial charge on any atom is 0.332 e.